The fourth-order valence-electron chi connectivity index (χ4n) is 1.48. The van der Waals surface area contributed by atoms with Crippen LogP contribution in [-0.2, 0) is 6.54 Å². The monoisotopic (exact) mass is 225 g/mol. The zero-order chi connectivity index (χ0) is 12.0. The van der Waals surface area contributed by atoms with E-state index in [0.717, 1.165) is 25.1 Å². The van der Waals surface area contributed by atoms with Crippen LogP contribution in [0.2, 0.25) is 0 Å². The SMILES string of the molecule is CCC(C)n1ccc(CNC(C)CCO)n1. The van der Waals surface area contributed by atoms with Gasteiger partial charge in [-0.25, -0.2) is 0 Å². The molecule has 0 aromatic carbocycles. The van der Waals surface area contributed by atoms with Gasteiger partial charge in [-0.1, -0.05) is 6.92 Å². The van der Waals surface area contributed by atoms with Crippen LogP contribution in [0.4, 0.5) is 0 Å². The molecule has 0 bridgehead atoms. The van der Waals surface area contributed by atoms with Crippen molar-refractivity contribution in [3.8, 4) is 0 Å². The van der Waals surface area contributed by atoms with E-state index in [1.165, 1.54) is 0 Å². The maximum Gasteiger partial charge on any atom is 0.0762 e. The molecule has 2 N–H and O–H groups in total. The Balaban J connectivity index is 2.40. The Hall–Kier alpha value is -0.870. The predicted octanol–water partition coefficient (Wildman–Crippen LogP) is 1.71. The molecule has 0 amide bonds. The lowest BCUT2D eigenvalue weighted by Crippen LogP contribution is -2.26. The Labute approximate surface area is 97.7 Å². The van der Waals surface area contributed by atoms with Crippen molar-refractivity contribution in [2.75, 3.05) is 6.61 Å². The molecule has 0 radical (unpaired) electrons. The highest BCUT2D eigenvalue weighted by molar-refractivity contribution is 4.99. The van der Waals surface area contributed by atoms with E-state index in [9.17, 15) is 0 Å². The predicted molar refractivity (Wildman–Crippen MR) is 65.2 cm³/mol. The molecule has 2 atom stereocenters. The lowest BCUT2D eigenvalue weighted by Gasteiger charge is -2.11. The molecule has 0 fully saturated rings. The van der Waals surface area contributed by atoms with Gasteiger partial charge < -0.3 is 10.4 Å². The summed E-state index contributed by atoms with van der Waals surface area (Å²) in [4.78, 5) is 0. The van der Waals surface area contributed by atoms with E-state index in [-0.39, 0.29) is 6.61 Å². The lowest BCUT2D eigenvalue weighted by molar-refractivity contribution is 0.268. The molecule has 92 valence electrons. The van der Waals surface area contributed by atoms with Crippen molar-refractivity contribution in [3.63, 3.8) is 0 Å². The molecule has 0 saturated carbocycles. The van der Waals surface area contributed by atoms with Crippen LogP contribution in [0, 0.1) is 0 Å². The zero-order valence-electron chi connectivity index (χ0n) is 10.5. The van der Waals surface area contributed by atoms with Gasteiger partial charge in [-0.2, -0.15) is 5.10 Å². The van der Waals surface area contributed by atoms with Crippen LogP contribution in [-0.4, -0.2) is 27.5 Å². The summed E-state index contributed by atoms with van der Waals surface area (Å²) in [7, 11) is 0. The summed E-state index contributed by atoms with van der Waals surface area (Å²) in [6, 6.07) is 2.84. The minimum absolute atomic E-state index is 0.232. The van der Waals surface area contributed by atoms with Gasteiger partial charge in [0.2, 0.25) is 0 Å². The second-order valence-electron chi connectivity index (χ2n) is 4.34. The van der Waals surface area contributed by atoms with Crippen LogP contribution < -0.4 is 5.32 Å². The van der Waals surface area contributed by atoms with Gasteiger partial charge >= 0.3 is 0 Å². The van der Waals surface area contributed by atoms with E-state index in [1.54, 1.807) is 0 Å². The molecular weight excluding hydrogens is 202 g/mol. The number of hydrogen-bond donors (Lipinski definition) is 2. The number of aromatic nitrogens is 2. The lowest BCUT2D eigenvalue weighted by atomic mass is 10.2. The van der Waals surface area contributed by atoms with Crippen LogP contribution in [0.15, 0.2) is 12.3 Å². The van der Waals surface area contributed by atoms with E-state index in [4.69, 9.17) is 5.11 Å². The summed E-state index contributed by atoms with van der Waals surface area (Å²) in [5.74, 6) is 0. The molecule has 0 spiro atoms. The Morgan fingerprint density at radius 2 is 2.25 bits per heavy atom. The molecule has 1 aromatic rings. The normalized spacial score (nSPS) is 15.0. The number of aliphatic hydroxyl groups is 1. The quantitative estimate of drug-likeness (QED) is 0.743. The minimum Gasteiger partial charge on any atom is -0.396 e. The molecule has 1 heterocycles. The smallest absolute Gasteiger partial charge is 0.0762 e. The van der Waals surface area contributed by atoms with Gasteiger partial charge in [-0.05, 0) is 32.8 Å². The number of nitrogens with one attached hydrogen (secondary N) is 1. The highest BCUT2D eigenvalue weighted by Crippen LogP contribution is 2.09. The minimum atomic E-state index is 0.232. The van der Waals surface area contributed by atoms with Gasteiger partial charge in [-0.3, -0.25) is 4.68 Å². The zero-order valence-corrected chi connectivity index (χ0v) is 10.5. The third-order valence-corrected chi connectivity index (χ3v) is 2.90. The van der Waals surface area contributed by atoms with Gasteiger partial charge in [0.05, 0.1) is 5.69 Å². The molecule has 16 heavy (non-hydrogen) atoms. The Bertz CT molecular complexity index is 298. The summed E-state index contributed by atoms with van der Waals surface area (Å²) in [6.07, 6.45) is 3.91. The second-order valence-corrected chi connectivity index (χ2v) is 4.34. The van der Waals surface area contributed by atoms with E-state index in [2.05, 4.69) is 31.2 Å². The average molecular weight is 225 g/mol. The summed E-state index contributed by atoms with van der Waals surface area (Å²) in [6.45, 7) is 7.40. The number of hydrogen-bond acceptors (Lipinski definition) is 3. The number of nitrogens with zero attached hydrogens (tertiary/aromatic N) is 2. The van der Waals surface area contributed by atoms with Crippen molar-refractivity contribution in [1.29, 1.82) is 0 Å². The first kappa shape index (κ1) is 13.2. The highest BCUT2D eigenvalue weighted by atomic mass is 16.3. The van der Waals surface area contributed by atoms with Crippen LogP contribution in [0.1, 0.15) is 45.3 Å². The van der Waals surface area contributed by atoms with Crippen molar-refractivity contribution in [2.45, 2.75) is 52.2 Å². The first-order chi connectivity index (χ1) is 7.67. The topological polar surface area (TPSA) is 50.1 Å². The van der Waals surface area contributed by atoms with Crippen molar-refractivity contribution in [3.05, 3.63) is 18.0 Å². The molecule has 0 aliphatic rings. The number of rotatable bonds is 7. The Morgan fingerprint density at radius 1 is 1.50 bits per heavy atom. The average Bonchev–Trinajstić information content (AvgIpc) is 2.74. The van der Waals surface area contributed by atoms with E-state index in [1.807, 2.05) is 16.9 Å². The Morgan fingerprint density at radius 3 is 2.88 bits per heavy atom. The largest absolute Gasteiger partial charge is 0.396 e. The standard InChI is InChI=1S/C12H23N3O/c1-4-11(3)15-7-5-12(14-15)9-13-10(2)6-8-16/h5,7,10-11,13,16H,4,6,8-9H2,1-3H3. The van der Waals surface area contributed by atoms with Gasteiger partial charge in [0.25, 0.3) is 0 Å². The van der Waals surface area contributed by atoms with Gasteiger partial charge in [0.1, 0.15) is 0 Å². The van der Waals surface area contributed by atoms with Crippen LogP contribution in [0.3, 0.4) is 0 Å². The molecule has 4 heteroatoms. The molecule has 0 saturated heterocycles. The summed E-state index contributed by atoms with van der Waals surface area (Å²) in [5, 5.41) is 16.6. The van der Waals surface area contributed by atoms with E-state index >= 15 is 0 Å². The molecule has 2 unspecified atom stereocenters. The third kappa shape index (κ3) is 3.94. The van der Waals surface area contributed by atoms with Crippen LogP contribution in [0.5, 0.6) is 0 Å². The number of aliphatic hydroxyl groups excluding tert-OH is 1. The first-order valence-corrected chi connectivity index (χ1v) is 6.05. The summed E-state index contributed by atoms with van der Waals surface area (Å²) >= 11 is 0. The third-order valence-electron chi connectivity index (χ3n) is 2.90. The molecular formula is C12H23N3O. The van der Waals surface area contributed by atoms with E-state index < -0.39 is 0 Å². The molecule has 4 nitrogen and oxygen atoms in total. The highest BCUT2D eigenvalue weighted by Gasteiger charge is 2.05. The van der Waals surface area contributed by atoms with Crippen LogP contribution in [0.25, 0.3) is 0 Å². The molecule has 0 aliphatic carbocycles. The van der Waals surface area contributed by atoms with Crippen molar-refractivity contribution < 1.29 is 5.11 Å². The molecule has 1 rings (SSSR count). The van der Waals surface area contributed by atoms with Crippen LogP contribution >= 0.6 is 0 Å². The molecule has 1 aromatic heterocycles. The molecule has 0 aliphatic heterocycles. The summed E-state index contributed by atoms with van der Waals surface area (Å²) < 4.78 is 2.01. The van der Waals surface area contributed by atoms with Crippen molar-refractivity contribution in [1.82, 2.24) is 15.1 Å². The van der Waals surface area contributed by atoms with Gasteiger partial charge in [-0.15, -0.1) is 0 Å². The second kappa shape index (κ2) is 6.66. The first-order valence-electron chi connectivity index (χ1n) is 6.05. The maximum absolute atomic E-state index is 8.78. The maximum atomic E-state index is 8.78. The van der Waals surface area contributed by atoms with Gasteiger partial charge in [0.15, 0.2) is 0 Å². The fraction of sp³-hybridized carbons (Fsp3) is 0.750. The van der Waals surface area contributed by atoms with Gasteiger partial charge in [0, 0.05) is 31.4 Å². The van der Waals surface area contributed by atoms with Crippen molar-refractivity contribution in [2.24, 2.45) is 0 Å². The fourth-order valence-corrected chi connectivity index (χ4v) is 1.48. The van der Waals surface area contributed by atoms with Crippen molar-refractivity contribution >= 4 is 0 Å². The van der Waals surface area contributed by atoms with E-state index in [0.29, 0.717) is 12.1 Å². The Kier molecular flexibility index (Phi) is 5.49. The summed E-state index contributed by atoms with van der Waals surface area (Å²) in [5.41, 5.74) is 1.06.